The first kappa shape index (κ1) is 25.5. The van der Waals surface area contributed by atoms with E-state index in [1.165, 1.54) is 32.6 Å². The van der Waals surface area contributed by atoms with Gasteiger partial charge in [0.25, 0.3) is 5.91 Å². The summed E-state index contributed by atoms with van der Waals surface area (Å²) in [6.45, 7) is 9.26. The molecule has 0 aliphatic heterocycles. The van der Waals surface area contributed by atoms with Crippen molar-refractivity contribution in [3.05, 3.63) is 24.3 Å². The van der Waals surface area contributed by atoms with E-state index in [-0.39, 0.29) is 0 Å². The molecular weight excluding hydrogens is 384 g/mol. The maximum Gasteiger partial charge on any atom is 0.408 e. The largest absolute Gasteiger partial charge is 0.494 e. The van der Waals surface area contributed by atoms with E-state index in [0.717, 1.165) is 12.8 Å². The van der Waals surface area contributed by atoms with Crippen molar-refractivity contribution in [1.29, 1.82) is 0 Å². The second kappa shape index (κ2) is 12.2. The van der Waals surface area contributed by atoms with Crippen molar-refractivity contribution in [3.8, 4) is 5.75 Å². The Labute approximate surface area is 179 Å². The summed E-state index contributed by atoms with van der Waals surface area (Å²) < 4.78 is 10.8. The van der Waals surface area contributed by atoms with E-state index in [9.17, 15) is 14.4 Å². The Kier molecular flexibility index (Phi) is 10.4. The number of carbonyl (C=O) groups is 3. The maximum absolute atomic E-state index is 12.5. The highest BCUT2D eigenvalue weighted by Gasteiger charge is 2.36. The van der Waals surface area contributed by atoms with Gasteiger partial charge in [-0.3, -0.25) is 4.79 Å². The molecule has 1 rings (SSSR count). The topological polar surface area (TPSA) is 93.7 Å². The minimum Gasteiger partial charge on any atom is -0.494 e. The Bertz CT molecular complexity index is 682. The van der Waals surface area contributed by atoms with Crippen LogP contribution in [0.2, 0.25) is 0 Å². The fourth-order valence-electron chi connectivity index (χ4n) is 2.62. The average molecular weight is 421 g/mol. The number of unbranched alkanes of at least 4 members (excludes halogenated alkanes) is 5. The number of nitrogens with one attached hydrogen (secondary N) is 2. The summed E-state index contributed by atoms with van der Waals surface area (Å²) in [4.78, 5) is 36.0. The highest BCUT2D eigenvalue weighted by atomic mass is 16.6. The van der Waals surface area contributed by atoms with Gasteiger partial charge in [-0.05, 0) is 58.4 Å². The zero-order valence-corrected chi connectivity index (χ0v) is 18.9. The van der Waals surface area contributed by atoms with Crippen LogP contribution in [-0.4, -0.2) is 36.0 Å². The van der Waals surface area contributed by atoms with Crippen molar-refractivity contribution in [1.82, 2.24) is 5.32 Å². The van der Waals surface area contributed by atoms with Gasteiger partial charge in [0.05, 0.1) is 6.61 Å². The number of benzene rings is 1. The molecule has 0 saturated carbocycles. The maximum atomic E-state index is 12.5. The number of carbonyl (C=O) groups excluding carboxylic acids is 3. The molecule has 0 aliphatic rings. The molecule has 0 bridgehead atoms. The molecule has 7 heteroatoms. The van der Waals surface area contributed by atoms with Crippen LogP contribution in [0, 0.1) is 0 Å². The number of hydrogen-bond acceptors (Lipinski definition) is 5. The summed E-state index contributed by atoms with van der Waals surface area (Å²) in [5.74, 6) is 0.0516. The number of aldehydes is 1. The highest BCUT2D eigenvalue weighted by Crippen LogP contribution is 2.18. The molecule has 0 unspecified atom stereocenters. The molecule has 0 saturated heterocycles. The predicted octanol–water partition coefficient (Wildman–Crippen LogP) is 4.85. The van der Waals surface area contributed by atoms with Crippen LogP contribution < -0.4 is 15.4 Å². The summed E-state index contributed by atoms with van der Waals surface area (Å²) in [5, 5.41) is 4.95. The fourth-order valence-corrected chi connectivity index (χ4v) is 2.62. The van der Waals surface area contributed by atoms with Gasteiger partial charge in [-0.1, -0.05) is 39.0 Å². The third kappa shape index (κ3) is 9.76. The second-order valence-electron chi connectivity index (χ2n) is 8.54. The minimum absolute atomic E-state index is 0.379. The second-order valence-corrected chi connectivity index (χ2v) is 8.54. The van der Waals surface area contributed by atoms with Crippen LogP contribution in [0.3, 0.4) is 0 Å². The van der Waals surface area contributed by atoms with Crippen molar-refractivity contribution >= 4 is 24.0 Å². The van der Waals surface area contributed by atoms with E-state index in [2.05, 4.69) is 17.6 Å². The standard InChI is InChI=1S/C23H36N2O5/c1-6-7-8-9-10-11-16-29-19-14-12-18(13-15-19)24-20(27)23(5,17-26)25-21(28)30-22(2,3)4/h12-15,17H,6-11,16H2,1-5H3,(H,24,27)(H,25,28)/t23-/m0/s1. The SMILES string of the molecule is CCCCCCCCOc1ccc(NC(=O)[C@](C)(C=O)NC(=O)OC(C)(C)C)cc1. The van der Waals surface area contributed by atoms with Crippen LogP contribution in [0.4, 0.5) is 10.5 Å². The fraction of sp³-hybridized carbons (Fsp3) is 0.609. The number of ether oxygens (including phenoxy) is 2. The van der Waals surface area contributed by atoms with Crippen molar-refractivity contribution < 1.29 is 23.9 Å². The summed E-state index contributed by atoms with van der Waals surface area (Å²) in [6.07, 6.45) is 6.73. The Morgan fingerprint density at radius 3 is 2.13 bits per heavy atom. The van der Waals surface area contributed by atoms with Gasteiger partial charge in [-0.2, -0.15) is 0 Å². The lowest BCUT2D eigenvalue weighted by molar-refractivity contribution is -0.127. The van der Waals surface area contributed by atoms with Crippen LogP contribution >= 0.6 is 0 Å². The molecule has 7 nitrogen and oxygen atoms in total. The summed E-state index contributed by atoms with van der Waals surface area (Å²) in [6, 6.07) is 6.89. The highest BCUT2D eigenvalue weighted by molar-refractivity contribution is 6.10. The summed E-state index contributed by atoms with van der Waals surface area (Å²) >= 11 is 0. The molecule has 1 aromatic carbocycles. The third-order valence-corrected chi connectivity index (χ3v) is 4.35. The molecule has 2 N–H and O–H groups in total. The van der Waals surface area contributed by atoms with Crippen LogP contribution in [-0.2, 0) is 14.3 Å². The zero-order chi connectivity index (χ0) is 22.6. The first-order valence-corrected chi connectivity index (χ1v) is 10.6. The first-order valence-electron chi connectivity index (χ1n) is 10.6. The van der Waals surface area contributed by atoms with Crippen molar-refractivity contribution in [3.63, 3.8) is 0 Å². The zero-order valence-electron chi connectivity index (χ0n) is 18.9. The molecule has 0 fully saturated rings. The van der Waals surface area contributed by atoms with E-state index in [4.69, 9.17) is 9.47 Å². The van der Waals surface area contributed by atoms with E-state index in [1.807, 2.05) is 0 Å². The lowest BCUT2D eigenvalue weighted by Gasteiger charge is -2.26. The van der Waals surface area contributed by atoms with Crippen molar-refractivity contribution in [2.45, 2.75) is 84.3 Å². The Morgan fingerprint density at radius 1 is 0.967 bits per heavy atom. The van der Waals surface area contributed by atoms with Gasteiger partial charge >= 0.3 is 6.09 Å². The van der Waals surface area contributed by atoms with E-state index < -0.39 is 23.1 Å². The molecule has 168 valence electrons. The molecule has 2 amide bonds. The van der Waals surface area contributed by atoms with Gasteiger partial charge in [0.15, 0.2) is 11.8 Å². The van der Waals surface area contributed by atoms with Gasteiger partial charge in [0.1, 0.15) is 11.4 Å². The molecule has 0 aliphatic carbocycles. The Balaban J connectivity index is 2.51. The number of amides is 2. The monoisotopic (exact) mass is 420 g/mol. The van der Waals surface area contributed by atoms with Gasteiger partial charge < -0.3 is 24.9 Å². The minimum atomic E-state index is -1.75. The van der Waals surface area contributed by atoms with Gasteiger partial charge in [0, 0.05) is 5.69 Å². The molecule has 1 aromatic rings. The van der Waals surface area contributed by atoms with E-state index in [1.54, 1.807) is 45.0 Å². The van der Waals surface area contributed by atoms with Crippen molar-refractivity contribution in [2.24, 2.45) is 0 Å². The Hall–Kier alpha value is -2.57. The quantitative estimate of drug-likeness (QED) is 0.286. The number of anilines is 1. The van der Waals surface area contributed by atoms with Crippen molar-refractivity contribution in [2.75, 3.05) is 11.9 Å². The number of rotatable bonds is 12. The van der Waals surface area contributed by atoms with Crippen LogP contribution in [0.5, 0.6) is 5.75 Å². The summed E-state index contributed by atoms with van der Waals surface area (Å²) in [5.41, 5.74) is -2.00. The molecule has 0 aromatic heterocycles. The van der Waals surface area contributed by atoms with E-state index in [0.29, 0.717) is 24.3 Å². The van der Waals surface area contributed by atoms with Gasteiger partial charge in [-0.15, -0.1) is 0 Å². The van der Waals surface area contributed by atoms with Crippen LogP contribution in [0.25, 0.3) is 0 Å². The normalized spacial score (nSPS) is 13.1. The average Bonchev–Trinajstić information content (AvgIpc) is 2.66. The summed E-state index contributed by atoms with van der Waals surface area (Å²) in [7, 11) is 0. The lowest BCUT2D eigenvalue weighted by Crippen LogP contribution is -2.56. The van der Waals surface area contributed by atoms with Gasteiger partial charge in [0.2, 0.25) is 0 Å². The molecule has 0 heterocycles. The molecule has 1 atom stereocenters. The van der Waals surface area contributed by atoms with E-state index >= 15 is 0 Å². The van der Waals surface area contributed by atoms with Crippen LogP contribution in [0.15, 0.2) is 24.3 Å². The van der Waals surface area contributed by atoms with Gasteiger partial charge in [-0.25, -0.2) is 4.79 Å². The Morgan fingerprint density at radius 2 is 1.57 bits per heavy atom. The molecule has 0 radical (unpaired) electrons. The molecule has 30 heavy (non-hydrogen) atoms. The third-order valence-electron chi connectivity index (χ3n) is 4.35. The first-order chi connectivity index (χ1) is 14.1. The number of alkyl carbamates (subject to hydrolysis) is 1. The molecular formula is C23H36N2O5. The molecule has 0 spiro atoms. The predicted molar refractivity (Wildman–Crippen MR) is 118 cm³/mol. The number of hydrogen-bond donors (Lipinski definition) is 2. The van der Waals surface area contributed by atoms with Crippen LogP contribution in [0.1, 0.15) is 73.1 Å². The lowest BCUT2D eigenvalue weighted by atomic mass is 10.0. The smallest absolute Gasteiger partial charge is 0.408 e.